The molecule has 0 aromatic carbocycles. The highest BCUT2D eigenvalue weighted by molar-refractivity contribution is 5.48. The van der Waals surface area contributed by atoms with Gasteiger partial charge in [-0.25, -0.2) is 9.97 Å². The molecule has 2 aromatic heterocycles. The first-order valence-electron chi connectivity index (χ1n) is 5.00. The number of hydrogen-bond donors (Lipinski definition) is 0. The average molecular weight is 202 g/mol. The van der Waals surface area contributed by atoms with Gasteiger partial charge in [0.05, 0.1) is 0 Å². The van der Waals surface area contributed by atoms with Crippen LogP contribution in [0.25, 0.3) is 11.5 Å². The van der Waals surface area contributed by atoms with E-state index in [1.807, 2.05) is 25.2 Å². The molecule has 4 heteroatoms. The molecule has 0 aliphatic carbocycles. The van der Waals surface area contributed by atoms with Crippen LogP contribution in [-0.2, 0) is 7.05 Å². The summed E-state index contributed by atoms with van der Waals surface area (Å²) in [5, 5.41) is 4.22. The zero-order chi connectivity index (χ0) is 10.8. The summed E-state index contributed by atoms with van der Waals surface area (Å²) in [6.07, 6.45) is 1.68. The van der Waals surface area contributed by atoms with Crippen LogP contribution in [0.3, 0.4) is 0 Å². The van der Waals surface area contributed by atoms with Gasteiger partial charge in [-0.3, -0.25) is 4.68 Å². The Kier molecular flexibility index (Phi) is 2.49. The molecule has 0 aliphatic rings. The van der Waals surface area contributed by atoms with E-state index in [9.17, 15) is 0 Å². The predicted octanol–water partition coefficient (Wildman–Crippen LogP) is 2.00. The van der Waals surface area contributed by atoms with Gasteiger partial charge in [-0.05, 0) is 18.1 Å². The van der Waals surface area contributed by atoms with Gasteiger partial charge in [0.2, 0.25) is 0 Å². The first kappa shape index (κ1) is 9.83. The van der Waals surface area contributed by atoms with Crippen LogP contribution in [-0.4, -0.2) is 19.7 Å². The molecule has 4 nitrogen and oxygen atoms in total. The highest BCUT2D eigenvalue weighted by Gasteiger charge is 2.06. The Bertz CT molecular complexity index is 459. The van der Waals surface area contributed by atoms with Crippen molar-refractivity contribution in [3.63, 3.8) is 0 Å². The average Bonchev–Trinajstić information content (AvgIpc) is 2.65. The van der Waals surface area contributed by atoms with Crippen molar-refractivity contribution in [2.45, 2.75) is 19.8 Å². The lowest BCUT2D eigenvalue weighted by Gasteiger charge is -2.04. The lowest BCUT2D eigenvalue weighted by atomic mass is 10.1. The number of nitrogens with zero attached hydrogens (tertiary/aromatic N) is 4. The van der Waals surface area contributed by atoms with Crippen LogP contribution in [0.2, 0.25) is 0 Å². The van der Waals surface area contributed by atoms with Gasteiger partial charge in [-0.15, -0.1) is 5.10 Å². The Hall–Kier alpha value is -1.71. The van der Waals surface area contributed by atoms with Crippen LogP contribution >= 0.6 is 0 Å². The zero-order valence-corrected chi connectivity index (χ0v) is 9.18. The molecule has 15 heavy (non-hydrogen) atoms. The van der Waals surface area contributed by atoms with E-state index in [1.54, 1.807) is 11.0 Å². The Morgan fingerprint density at radius 1 is 1.27 bits per heavy atom. The van der Waals surface area contributed by atoms with Gasteiger partial charge >= 0.3 is 0 Å². The number of hydrogen-bond acceptors (Lipinski definition) is 3. The van der Waals surface area contributed by atoms with E-state index in [2.05, 4.69) is 28.9 Å². The normalized spacial score (nSPS) is 10.9. The summed E-state index contributed by atoms with van der Waals surface area (Å²) in [7, 11) is 1.85. The zero-order valence-electron chi connectivity index (χ0n) is 9.18. The fourth-order valence-electron chi connectivity index (χ4n) is 1.35. The van der Waals surface area contributed by atoms with E-state index < -0.39 is 0 Å². The van der Waals surface area contributed by atoms with Crippen LogP contribution in [0.1, 0.15) is 25.5 Å². The second-order valence-electron chi connectivity index (χ2n) is 3.84. The second kappa shape index (κ2) is 3.81. The molecular formula is C11H14N4. The molecule has 78 valence electrons. The minimum atomic E-state index is 0.425. The Morgan fingerprint density at radius 3 is 2.67 bits per heavy atom. The highest BCUT2D eigenvalue weighted by Crippen LogP contribution is 2.16. The van der Waals surface area contributed by atoms with Gasteiger partial charge in [0.15, 0.2) is 5.82 Å². The minimum absolute atomic E-state index is 0.425. The Balaban J connectivity index is 2.41. The quantitative estimate of drug-likeness (QED) is 0.748. The van der Waals surface area contributed by atoms with E-state index in [4.69, 9.17) is 0 Å². The van der Waals surface area contributed by atoms with E-state index in [0.717, 1.165) is 11.4 Å². The molecule has 2 heterocycles. The van der Waals surface area contributed by atoms with Gasteiger partial charge in [0.1, 0.15) is 12.0 Å². The third-order valence-corrected chi connectivity index (χ3v) is 2.19. The highest BCUT2D eigenvalue weighted by atomic mass is 15.3. The van der Waals surface area contributed by atoms with Crippen LogP contribution in [0.5, 0.6) is 0 Å². The third-order valence-electron chi connectivity index (χ3n) is 2.19. The summed E-state index contributed by atoms with van der Waals surface area (Å²) in [5.41, 5.74) is 1.90. The summed E-state index contributed by atoms with van der Waals surface area (Å²) in [6, 6.07) is 5.95. The standard InChI is InChI=1S/C11H14N4/c1-8(2)9-5-4-6-10(13-9)11-12-7-15(3)14-11/h4-8H,1-3H3. The predicted molar refractivity (Wildman–Crippen MR) is 58.3 cm³/mol. The smallest absolute Gasteiger partial charge is 0.199 e. The Morgan fingerprint density at radius 2 is 2.07 bits per heavy atom. The first-order valence-corrected chi connectivity index (χ1v) is 5.00. The minimum Gasteiger partial charge on any atom is -0.255 e. The first-order chi connectivity index (χ1) is 7.16. The maximum Gasteiger partial charge on any atom is 0.199 e. The molecule has 2 rings (SSSR count). The number of aromatic nitrogens is 4. The summed E-state index contributed by atoms with van der Waals surface area (Å²) in [4.78, 5) is 8.69. The van der Waals surface area contributed by atoms with E-state index in [0.29, 0.717) is 11.7 Å². The Labute approximate surface area is 89.0 Å². The van der Waals surface area contributed by atoms with Crippen molar-refractivity contribution in [3.8, 4) is 11.5 Å². The van der Waals surface area contributed by atoms with Gasteiger partial charge in [-0.1, -0.05) is 19.9 Å². The van der Waals surface area contributed by atoms with Gasteiger partial charge < -0.3 is 0 Å². The van der Waals surface area contributed by atoms with Crippen molar-refractivity contribution >= 4 is 0 Å². The maximum absolute atomic E-state index is 4.52. The van der Waals surface area contributed by atoms with Crippen molar-refractivity contribution in [2.75, 3.05) is 0 Å². The maximum atomic E-state index is 4.52. The lowest BCUT2D eigenvalue weighted by molar-refractivity contribution is 0.766. The largest absolute Gasteiger partial charge is 0.255 e. The van der Waals surface area contributed by atoms with Crippen LogP contribution in [0.4, 0.5) is 0 Å². The van der Waals surface area contributed by atoms with E-state index >= 15 is 0 Å². The summed E-state index contributed by atoms with van der Waals surface area (Å²) in [5.74, 6) is 1.11. The second-order valence-corrected chi connectivity index (χ2v) is 3.84. The van der Waals surface area contributed by atoms with Crippen LogP contribution in [0.15, 0.2) is 24.5 Å². The monoisotopic (exact) mass is 202 g/mol. The molecular weight excluding hydrogens is 188 g/mol. The van der Waals surface area contributed by atoms with Crippen molar-refractivity contribution in [1.29, 1.82) is 0 Å². The number of rotatable bonds is 2. The van der Waals surface area contributed by atoms with Crippen molar-refractivity contribution in [2.24, 2.45) is 7.05 Å². The molecule has 0 saturated heterocycles. The molecule has 0 spiro atoms. The molecule has 0 saturated carbocycles. The van der Waals surface area contributed by atoms with Gasteiger partial charge in [-0.2, -0.15) is 0 Å². The summed E-state index contributed by atoms with van der Waals surface area (Å²) in [6.45, 7) is 4.25. The van der Waals surface area contributed by atoms with E-state index in [1.165, 1.54) is 0 Å². The molecule has 0 N–H and O–H groups in total. The van der Waals surface area contributed by atoms with Crippen molar-refractivity contribution < 1.29 is 0 Å². The third kappa shape index (κ3) is 2.03. The molecule has 0 radical (unpaired) electrons. The SMILES string of the molecule is CC(C)c1cccc(-c2ncn(C)n2)n1. The summed E-state index contributed by atoms with van der Waals surface area (Å²) >= 11 is 0. The number of aryl methyl sites for hydroxylation is 1. The van der Waals surface area contributed by atoms with Crippen molar-refractivity contribution in [3.05, 3.63) is 30.2 Å². The molecule has 0 bridgehead atoms. The molecule has 0 fully saturated rings. The fourth-order valence-corrected chi connectivity index (χ4v) is 1.35. The fraction of sp³-hybridized carbons (Fsp3) is 0.364. The molecule has 2 aromatic rings. The summed E-state index contributed by atoms with van der Waals surface area (Å²) < 4.78 is 1.68. The number of pyridine rings is 1. The van der Waals surface area contributed by atoms with Crippen molar-refractivity contribution in [1.82, 2.24) is 19.7 Å². The topological polar surface area (TPSA) is 43.6 Å². The molecule has 0 unspecified atom stereocenters. The van der Waals surface area contributed by atoms with E-state index in [-0.39, 0.29) is 0 Å². The molecule has 0 atom stereocenters. The van der Waals surface area contributed by atoms with Gasteiger partial charge in [0.25, 0.3) is 0 Å². The molecule has 0 aliphatic heterocycles. The van der Waals surface area contributed by atoms with Gasteiger partial charge in [0, 0.05) is 12.7 Å². The lowest BCUT2D eigenvalue weighted by Crippen LogP contribution is -1.95. The molecule has 0 amide bonds. The van der Waals surface area contributed by atoms with Crippen LogP contribution in [0, 0.1) is 0 Å². The van der Waals surface area contributed by atoms with Crippen LogP contribution < -0.4 is 0 Å².